The Balaban J connectivity index is 1.77. The number of ether oxygens (including phenoxy) is 1. The fourth-order valence-corrected chi connectivity index (χ4v) is 3.03. The molecule has 11 heteroatoms. The Kier molecular flexibility index (Phi) is 6.73. The van der Waals surface area contributed by atoms with Crippen LogP contribution in [0.2, 0.25) is 0 Å². The first kappa shape index (κ1) is 22.7. The van der Waals surface area contributed by atoms with Crippen molar-refractivity contribution >= 4 is 5.91 Å². The van der Waals surface area contributed by atoms with Gasteiger partial charge in [0.2, 0.25) is 5.88 Å². The predicted molar refractivity (Wildman–Crippen MR) is 107 cm³/mol. The van der Waals surface area contributed by atoms with E-state index >= 15 is 0 Å². The van der Waals surface area contributed by atoms with Crippen molar-refractivity contribution in [2.45, 2.75) is 26.1 Å². The van der Waals surface area contributed by atoms with Gasteiger partial charge in [0.05, 0.1) is 46.9 Å². The maximum absolute atomic E-state index is 13.3. The molecule has 32 heavy (non-hydrogen) atoms. The van der Waals surface area contributed by atoms with Gasteiger partial charge >= 0.3 is 6.18 Å². The number of likely N-dealkylation sites (N-methyl/N-ethyl adjacent to an activating group) is 1. The number of alkyl halides is 3. The van der Waals surface area contributed by atoms with Gasteiger partial charge in [-0.15, -0.1) is 0 Å². The highest BCUT2D eigenvalue weighted by Gasteiger charge is 2.31. The molecule has 2 aromatic heterocycles. The highest BCUT2D eigenvalue weighted by Crippen LogP contribution is 2.29. The van der Waals surface area contributed by atoms with Gasteiger partial charge in [0.25, 0.3) is 5.91 Å². The molecule has 8 nitrogen and oxygen atoms in total. The van der Waals surface area contributed by atoms with Crippen LogP contribution in [-0.2, 0) is 6.18 Å². The number of hydrogen-bond acceptors (Lipinski definition) is 6. The summed E-state index contributed by atoms with van der Waals surface area (Å²) < 4.78 is 43.5. The maximum Gasteiger partial charge on any atom is 0.417 e. The van der Waals surface area contributed by atoms with Crippen LogP contribution in [0.25, 0.3) is 5.69 Å². The van der Waals surface area contributed by atoms with Crippen molar-refractivity contribution < 1.29 is 22.7 Å². The van der Waals surface area contributed by atoms with Crippen LogP contribution >= 0.6 is 0 Å². The summed E-state index contributed by atoms with van der Waals surface area (Å²) in [6.45, 7) is 3.90. The first-order valence-corrected chi connectivity index (χ1v) is 9.62. The Morgan fingerprint density at radius 3 is 2.53 bits per heavy atom. The Morgan fingerprint density at radius 2 is 1.97 bits per heavy atom. The van der Waals surface area contributed by atoms with Crippen LogP contribution in [-0.4, -0.2) is 50.0 Å². The SMILES string of the molecule is CCN(C(=O)c1ccc(C#N)cc1-n1nccn1)[C@@H](C)COc1ccc(C(F)(F)F)cn1. The van der Waals surface area contributed by atoms with Crippen molar-refractivity contribution in [1.82, 2.24) is 24.9 Å². The van der Waals surface area contributed by atoms with Crippen LogP contribution in [0, 0.1) is 11.3 Å². The van der Waals surface area contributed by atoms with E-state index < -0.39 is 17.8 Å². The molecule has 0 saturated carbocycles. The van der Waals surface area contributed by atoms with E-state index in [1.54, 1.807) is 18.7 Å². The molecule has 0 radical (unpaired) electrons. The maximum atomic E-state index is 13.3. The molecule has 2 heterocycles. The van der Waals surface area contributed by atoms with E-state index in [1.807, 2.05) is 6.07 Å². The van der Waals surface area contributed by atoms with Gasteiger partial charge in [-0.3, -0.25) is 4.79 Å². The van der Waals surface area contributed by atoms with Gasteiger partial charge in [0, 0.05) is 18.8 Å². The molecular weight excluding hydrogens is 425 g/mol. The molecule has 0 saturated heterocycles. The molecule has 1 aromatic carbocycles. The summed E-state index contributed by atoms with van der Waals surface area (Å²) in [7, 11) is 0. The summed E-state index contributed by atoms with van der Waals surface area (Å²) in [5.41, 5.74) is 0.127. The van der Waals surface area contributed by atoms with Gasteiger partial charge in [-0.05, 0) is 38.1 Å². The number of nitrogens with zero attached hydrogens (tertiary/aromatic N) is 6. The molecule has 1 atom stereocenters. The quantitative estimate of drug-likeness (QED) is 0.554. The van der Waals surface area contributed by atoms with Gasteiger partial charge in [0.1, 0.15) is 6.61 Å². The zero-order valence-corrected chi connectivity index (χ0v) is 17.2. The highest BCUT2D eigenvalue weighted by molar-refractivity contribution is 5.98. The third-order valence-electron chi connectivity index (χ3n) is 4.66. The number of carbonyl (C=O) groups excluding carboxylic acids is 1. The normalized spacial score (nSPS) is 12.1. The average Bonchev–Trinajstić information content (AvgIpc) is 3.32. The van der Waals surface area contributed by atoms with Gasteiger partial charge < -0.3 is 9.64 Å². The summed E-state index contributed by atoms with van der Waals surface area (Å²) in [6.07, 6.45) is -0.869. The van der Waals surface area contributed by atoms with Crippen molar-refractivity contribution in [3.05, 3.63) is 65.6 Å². The van der Waals surface area contributed by atoms with E-state index in [2.05, 4.69) is 15.2 Å². The lowest BCUT2D eigenvalue weighted by molar-refractivity contribution is -0.137. The van der Waals surface area contributed by atoms with Crippen LogP contribution in [0.1, 0.15) is 35.3 Å². The monoisotopic (exact) mass is 444 g/mol. The number of rotatable bonds is 7. The molecule has 0 bridgehead atoms. The van der Waals surface area contributed by atoms with Crippen molar-refractivity contribution in [1.29, 1.82) is 5.26 Å². The summed E-state index contributed by atoms with van der Waals surface area (Å²) in [5, 5.41) is 17.3. The Morgan fingerprint density at radius 1 is 1.25 bits per heavy atom. The third kappa shape index (κ3) is 5.03. The van der Waals surface area contributed by atoms with Crippen molar-refractivity contribution in [2.75, 3.05) is 13.2 Å². The molecule has 3 rings (SSSR count). The Bertz CT molecular complexity index is 1110. The van der Waals surface area contributed by atoms with Gasteiger partial charge in [-0.25, -0.2) is 4.98 Å². The molecule has 0 aliphatic heterocycles. The largest absolute Gasteiger partial charge is 0.475 e. The van der Waals surface area contributed by atoms with E-state index in [4.69, 9.17) is 4.74 Å². The first-order chi connectivity index (χ1) is 15.2. The number of halogens is 3. The van der Waals surface area contributed by atoms with E-state index in [0.29, 0.717) is 29.6 Å². The minimum absolute atomic E-state index is 0.0174. The highest BCUT2D eigenvalue weighted by atomic mass is 19.4. The standard InChI is InChI=1S/C21H19F3N6O2/c1-3-29(14(2)13-32-19-7-5-16(12-26-19)21(22,23)24)20(31)17-6-4-15(11-25)10-18(17)30-27-8-9-28-30/h4-10,12,14H,3,13H2,1-2H3/t14-/m0/s1. The number of amides is 1. The molecular formula is C21H19F3N6O2. The van der Waals surface area contributed by atoms with Crippen molar-refractivity contribution in [3.63, 3.8) is 0 Å². The summed E-state index contributed by atoms with van der Waals surface area (Å²) >= 11 is 0. The number of benzene rings is 1. The Labute approximate surface area is 181 Å². The summed E-state index contributed by atoms with van der Waals surface area (Å²) in [6, 6.07) is 8.20. The second-order valence-corrected chi connectivity index (χ2v) is 6.80. The zero-order chi connectivity index (χ0) is 23.3. The molecule has 0 unspecified atom stereocenters. The number of nitriles is 1. The Hall–Kier alpha value is -3.94. The number of carbonyl (C=O) groups is 1. The summed E-state index contributed by atoms with van der Waals surface area (Å²) in [5.74, 6) is -0.311. The van der Waals surface area contributed by atoms with Crippen LogP contribution < -0.4 is 4.74 Å². The van der Waals surface area contributed by atoms with Crippen LogP contribution in [0.5, 0.6) is 5.88 Å². The van der Waals surface area contributed by atoms with Crippen LogP contribution in [0.15, 0.2) is 48.9 Å². The van der Waals surface area contributed by atoms with E-state index in [1.165, 1.54) is 35.4 Å². The second kappa shape index (κ2) is 9.47. The topological polar surface area (TPSA) is 96.9 Å². The van der Waals surface area contributed by atoms with Crippen molar-refractivity contribution in [2.24, 2.45) is 0 Å². The minimum atomic E-state index is -4.48. The first-order valence-electron chi connectivity index (χ1n) is 9.62. The molecule has 0 fully saturated rings. The van der Waals surface area contributed by atoms with Gasteiger partial charge in [-0.2, -0.15) is 33.4 Å². The lowest BCUT2D eigenvalue weighted by Crippen LogP contribution is -2.42. The third-order valence-corrected chi connectivity index (χ3v) is 4.66. The molecule has 166 valence electrons. The van der Waals surface area contributed by atoms with Crippen LogP contribution in [0.4, 0.5) is 13.2 Å². The lowest BCUT2D eigenvalue weighted by atomic mass is 10.1. The van der Waals surface area contributed by atoms with E-state index in [9.17, 15) is 23.2 Å². The molecule has 3 aromatic rings. The molecule has 1 amide bonds. The second-order valence-electron chi connectivity index (χ2n) is 6.80. The van der Waals surface area contributed by atoms with Crippen molar-refractivity contribution in [3.8, 4) is 17.6 Å². The molecule has 0 aliphatic carbocycles. The summed E-state index contributed by atoms with van der Waals surface area (Å²) in [4.78, 5) is 19.8. The van der Waals surface area contributed by atoms with Crippen LogP contribution in [0.3, 0.4) is 0 Å². The van der Waals surface area contributed by atoms with E-state index in [0.717, 1.165) is 12.1 Å². The zero-order valence-electron chi connectivity index (χ0n) is 17.2. The molecule has 0 aliphatic rings. The predicted octanol–water partition coefficient (Wildman–Crippen LogP) is 3.48. The molecule has 0 N–H and O–H groups in total. The van der Waals surface area contributed by atoms with Gasteiger partial charge in [-0.1, -0.05) is 0 Å². The smallest absolute Gasteiger partial charge is 0.417 e. The molecule has 0 spiro atoms. The number of hydrogen-bond donors (Lipinski definition) is 0. The number of pyridine rings is 1. The van der Waals surface area contributed by atoms with E-state index in [-0.39, 0.29) is 18.4 Å². The minimum Gasteiger partial charge on any atom is -0.475 e. The number of aromatic nitrogens is 4. The fraction of sp³-hybridized carbons (Fsp3) is 0.286. The lowest BCUT2D eigenvalue weighted by Gasteiger charge is -2.28. The fourth-order valence-electron chi connectivity index (χ4n) is 3.03. The van der Waals surface area contributed by atoms with Gasteiger partial charge in [0.15, 0.2) is 0 Å². The average molecular weight is 444 g/mol.